The molecule has 0 unspecified atom stereocenters. The van der Waals surface area contributed by atoms with Crippen molar-refractivity contribution in [2.24, 2.45) is 0 Å². The number of nitrogens with zero attached hydrogens (tertiary/aromatic N) is 2. The Morgan fingerprint density at radius 1 is 1.16 bits per heavy atom. The Morgan fingerprint density at radius 3 is 2.44 bits per heavy atom. The molecule has 0 radical (unpaired) electrons. The van der Waals surface area contributed by atoms with Gasteiger partial charge in [-0.15, -0.1) is 0 Å². The molecule has 0 aliphatic heterocycles. The molecule has 1 aromatic carbocycles. The summed E-state index contributed by atoms with van der Waals surface area (Å²) in [5, 5.41) is 2.71. The molecule has 7 heteroatoms. The summed E-state index contributed by atoms with van der Waals surface area (Å²) >= 11 is 0. The molecule has 0 bridgehead atoms. The summed E-state index contributed by atoms with van der Waals surface area (Å²) in [6.45, 7) is 5.09. The standard InChI is InChI=1S/C18H23N3O4/c1-3-14-11-18(23)21(13-20-14)12-17(22)19-9-10-25-16-7-5-15(6-8-16)24-4-2/h5-8,11,13H,3-4,9-10,12H2,1-2H3,(H,19,22). The number of nitrogens with one attached hydrogen (secondary N) is 1. The van der Waals surface area contributed by atoms with Crippen molar-refractivity contribution in [3.8, 4) is 11.5 Å². The molecule has 1 N–H and O–H groups in total. The van der Waals surface area contributed by atoms with Crippen LogP contribution in [0.15, 0.2) is 41.5 Å². The van der Waals surface area contributed by atoms with Crippen molar-refractivity contribution in [2.45, 2.75) is 26.8 Å². The highest BCUT2D eigenvalue weighted by atomic mass is 16.5. The van der Waals surface area contributed by atoms with E-state index in [9.17, 15) is 9.59 Å². The van der Waals surface area contributed by atoms with Crippen LogP contribution in [0.4, 0.5) is 0 Å². The van der Waals surface area contributed by atoms with Crippen LogP contribution in [0.2, 0.25) is 0 Å². The quantitative estimate of drug-likeness (QED) is 0.695. The normalized spacial score (nSPS) is 10.3. The van der Waals surface area contributed by atoms with Crippen LogP contribution in [-0.2, 0) is 17.8 Å². The van der Waals surface area contributed by atoms with Crippen LogP contribution in [-0.4, -0.2) is 35.2 Å². The highest BCUT2D eigenvalue weighted by molar-refractivity contribution is 5.75. The minimum atomic E-state index is -0.261. The molecule has 1 aromatic heterocycles. The first-order valence-electron chi connectivity index (χ1n) is 8.30. The Kier molecular flexibility index (Phi) is 7.00. The first-order valence-corrected chi connectivity index (χ1v) is 8.30. The van der Waals surface area contributed by atoms with Crippen LogP contribution in [0.1, 0.15) is 19.5 Å². The van der Waals surface area contributed by atoms with Gasteiger partial charge in [0.1, 0.15) is 24.7 Å². The predicted molar refractivity (Wildman–Crippen MR) is 94.0 cm³/mol. The lowest BCUT2D eigenvalue weighted by molar-refractivity contribution is -0.121. The number of benzene rings is 1. The molecule has 0 aliphatic carbocycles. The highest BCUT2D eigenvalue weighted by Gasteiger charge is 2.05. The summed E-state index contributed by atoms with van der Waals surface area (Å²) in [5.41, 5.74) is 0.484. The number of carbonyl (C=O) groups excluding carboxylic acids is 1. The fourth-order valence-corrected chi connectivity index (χ4v) is 2.14. The smallest absolute Gasteiger partial charge is 0.253 e. The van der Waals surface area contributed by atoms with E-state index in [0.717, 1.165) is 5.75 Å². The van der Waals surface area contributed by atoms with E-state index < -0.39 is 0 Å². The fraction of sp³-hybridized carbons (Fsp3) is 0.389. The summed E-state index contributed by atoms with van der Waals surface area (Å²) in [6.07, 6.45) is 2.09. The fourth-order valence-electron chi connectivity index (χ4n) is 2.14. The molecular weight excluding hydrogens is 322 g/mol. The van der Waals surface area contributed by atoms with Gasteiger partial charge in [0.15, 0.2) is 0 Å². The molecule has 1 amide bonds. The summed E-state index contributed by atoms with van der Waals surface area (Å²) in [7, 11) is 0. The van der Waals surface area contributed by atoms with Crippen molar-refractivity contribution in [1.29, 1.82) is 0 Å². The summed E-state index contributed by atoms with van der Waals surface area (Å²) < 4.78 is 12.2. The average Bonchev–Trinajstić information content (AvgIpc) is 2.62. The van der Waals surface area contributed by atoms with Crippen LogP contribution in [0.25, 0.3) is 0 Å². The van der Waals surface area contributed by atoms with Gasteiger partial charge in [-0.1, -0.05) is 6.92 Å². The molecule has 2 aromatic rings. The molecule has 25 heavy (non-hydrogen) atoms. The van der Waals surface area contributed by atoms with Crippen molar-refractivity contribution < 1.29 is 14.3 Å². The first-order chi connectivity index (χ1) is 12.1. The van der Waals surface area contributed by atoms with Crippen LogP contribution in [0, 0.1) is 0 Å². The topological polar surface area (TPSA) is 82.4 Å². The zero-order valence-electron chi connectivity index (χ0n) is 14.5. The van der Waals surface area contributed by atoms with Gasteiger partial charge in [-0.3, -0.25) is 14.2 Å². The van der Waals surface area contributed by atoms with E-state index in [-0.39, 0.29) is 18.0 Å². The van der Waals surface area contributed by atoms with Crippen molar-refractivity contribution in [1.82, 2.24) is 14.9 Å². The third-order valence-corrected chi connectivity index (χ3v) is 3.44. The molecular formula is C18H23N3O4. The minimum Gasteiger partial charge on any atom is -0.494 e. The lowest BCUT2D eigenvalue weighted by atomic mass is 10.3. The lowest BCUT2D eigenvalue weighted by Crippen LogP contribution is -2.34. The summed E-state index contributed by atoms with van der Waals surface area (Å²) in [5.74, 6) is 1.23. The highest BCUT2D eigenvalue weighted by Crippen LogP contribution is 2.17. The van der Waals surface area contributed by atoms with E-state index in [2.05, 4.69) is 10.3 Å². The van der Waals surface area contributed by atoms with Gasteiger partial charge in [0, 0.05) is 11.8 Å². The van der Waals surface area contributed by atoms with Crippen molar-refractivity contribution in [3.63, 3.8) is 0 Å². The SMILES string of the molecule is CCOc1ccc(OCCNC(=O)Cn2cnc(CC)cc2=O)cc1. The predicted octanol–water partition coefficient (Wildman–Crippen LogP) is 1.40. The van der Waals surface area contributed by atoms with Gasteiger partial charge in [0.2, 0.25) is 5.91 Å². The second kappa shape index (κ2) is 9.46. The zero-order chi connectivity index (χ0) is 18.1. The monoisotopic (exact) mass is 345 g/mol. The van der Waals surface area contributed by atoms with E-state index in [1.807, 2.05) is 38.1 Å². The number of hydrogen-bond acceptors (Lipinski definition) is 5. The Labute approximate surface area is 146 Å². The van der Waals surface area contributed by atoms with Crippen molar-refractivity contribution in [2.75, 3.05) is 19.8 Å². The summed E-state index contributed by atoms with van der Waals surface area (Å²) in [4.78, 5) is 27.8. The van der Waals surface area contributed by atoms with E-state index in [4.69, 9.17) is 9.47 Å². The lowest BCUT2D eigenvalue weighted by Gasteiger charge is -2.09. The van der Waals surface area contributed by atoms with Gasteiger partial charge in [-0.05, 0) is 37.6 Å². The van der Waals surface area contributed by atoms with Crippen LogP contribution in [0.3, 0.4) is 0 Å². The zero-order valence-corrected chi connectivity index (χ0v) is 14.5. The average molecular weight is 345 g/mol. The minimum absolute atomic E-state index is 0.0567. The van der Waals surface area contributed by atoms with Gasteiger partial charge < -0.3 is 14.8 Å². The van der Waals surface area contributed by atoms with Gasteiger partial charge in [-0.25, -0.2) is 4.98 Å². The number of carbonyl (C=O) groups is 1. The van der Waals surface area contributed by atoms with Gasteiger partial charge in [0.25, 0.3) is 5.56 Å². The van der Waals surface area contributed by atoms with E-state index in [1.54, 1.807) is 0 Å². The number of aryl methyl sites for hydroxylation is 1. The number of hydrogen-bond donors (Lipinski definition) is 1. The van der Waals surface area contributed by atoms with Crippen LogP contribution >= 0.6 is 0 Å². The number of amides is 1. The Morgan fingerprint density at radius 2 is 1.84 bits per heavy atom. The van der Waals surface area contributed by atoms with E-state index >= 15 is 0 Å². The van der Waals surface area contributed by atoms with Crippen molar-refractivity contribution in [3.05, 3.63) is 52.7 Å². The maximum Gasteiger partial charge on any atom is 0.253 e. The van der Waals surface area contributed by atoms with Crippen molar-refractivity contribution >= 4 is 5.91 Å². The molecule has 0 atom stereocenters. The maximum absolute atomic E-state index is 11.9. The van der Waals surface area contributed by atoms with E-state index in [1.165, 1.54) is 17.0 Å². The molecule has 0 aliphatic rings. The van der Waals surface area contributed by atoms with E-state index in [0.29, 0.717) is 37.6 Å². The second-order valence-corrected chi connectivity index (χ2v) is 5.30. The van der Waals surface area contributed by atoms with Crippen LogP contribution in [0.5, 0.6) is 11.5 Å². The Bertz CT molecular complexity index is 741. The summed E-state index contributed by atoms with van der Waals surface area (Å²) in [6, 6.07) is 8.73. The number of ether oxygens (including phenoxy) is 2. The molecule has 0 spiro atoms. The van der Waals surface area contributed by atoms with Gasteiger partial charge >= 0.3 is 0 Å². The Balaban J connectivity index is 1.72. The van der Waals surface area contributed by atoms with Crippen LogP contribution < -0.4 is 20.3 Å². The molecule has 2 rings (SSSR count). The third kappa shape index (κ3) is 5.95. The third-order valence-electron chi connectivity index (χ3n) is 3.44. The molecule has 0 saturated carbocycles. The molecule has 0 saturated heterocycles. The van der Waals surface area contributed by atoms with Gasteiger partial charge in [0.05, 0.1) is 19.5 Å². The number of rotatable bonds is 9. The second-order valence-electron chi connectivity index (χ2n) is 5.30. The first kappa shape index (κ1) is 18.5. The number of aromatic nitrogens is 2. The maximum atomic E-state index is 11.9. The molecule has 1 heterocycles. The Hall–Kier alpha value is -2.83. The molecule has 134 valence electrons. The largest absolute Gasteiger partial charge is 0.494 e. The van der Waals surface area contributed by atoms with Gasteiger partial charge in [-0.2, -0.15) is 0 Å². The molecule has 0 fully saturated rings. The molecule has 7 nitrogen and oxygen atoms in total.